The Morgan fingerprint density at radius 2 is 1.69 bits per heavy atom. The topological polar surface area (TPSA) is 144 Å². The maximum Gasteiger partial charge on any atom is 0.573 e. The molecular weight excluding hydrogens is 528 g/mol. The van der Waals surface area contributed by atoms with Crippen molar-refractivity contribution in [3.63, 3.8) is 0 Å². The number of carbonyl (C=O) groups excluding carboxylic acids is 2. The molecule has 0 aliphatic carbocycles. The molecule has 0 bridgehead atoms. The number of rotatable bonds is 7. The second-order valence-electron chi connectivity index (χ2n) is 8.16. The molecule has 0 saturated carbocycles. The largest absolute Gasteiger partial charge is 0.573 e. The van der Waals surface area contributed by atoms with Crippen LogP contribution in [0.15, 0.2) is 63.9 Å². The van der Waals surface area contributed by atoms with Crippen LogP contribution < -0.4 is 21.1 Å². The average molecular weight is 544 g/mol. The summed E-state index contributed by atoms with van der Waals surface area (Å²) in [4.78, 5) is 43.5. The minimum Gasteiger partial charge on any atom is -0.408 e. The van der Waals surface area contributed by atoms with Crippen LogP contribution in [0.4, 0.5) is 17.6 Å². The fourth-order valence-corrected chi connectivity index (χ4v) is 3.68. The van der Waals surface area contributed by atoms with E-state index >= 15 is 0 Å². The molecule has 2 aromatic carbocycles. The third kappa shape index (κ3) is 5.71. The number of nitrogens with one attached hydrogen (secondary N) is 3. The number of hydrogen-bond donors (Lipinski definition) is 3. The molecule has 3 aromatic heterocycles. The summed E-state index contributed by atoms with van der Waals surface area (Å²) in [5.74, 6) is -3.37. The number of halogens is 4. The van der Waals surface area contributed by atoms with E-state index in [1.54, 1.807) is 18.2 Å². The fourth-order valence-electron chi connectivity index (χ4n) is 3.68. The minimum atomic E-state index is -4.83. The van der Waals surface area contributed by atoms with Gasteiger partial charge in [-0.3, -0.25) is 14.6 Å². The maximum absolute atomic E-state index is 14.3. The molecule has 5 rings (SSSR count). The third-order valence-corrected chi connectivity index (χ3v) is 5.44. The van der Waals surface area contributed by atoms with Crippen LogP contribution in [-0.4, -0.2) is 37.8 Å². The number of hydrogen-bond acceptors (Lipinski definition) is 7. The van der Waals surface area contributed by atoms with E-state index in [-0.39, 0.29) is 30.1 Å². The molecule has 0 spiro atoms. The molecule has 39 heavy (non-hydrogen) atoms. The van der Waals surface area contributed by atoms with Crippen LogP contribution >= 0.6 is 0 Å². The van der Waals surface area contributed by atoms with Crippen molar-refractivity contribution < 1.29 is 36.3 Å². The van der Waals surface area contributed by atoms with Gasteiger partial charge in [-0.25, -0.2) is 18.7 Å². The van der Waals surface area contributed by atoms with Crippen molar-refractivity contribution in [2.24, 2.45) is 0 Å². The Morgan fingerprint density at radius 1 is 1.00 bits per heavy atom. The first-order chi connectivity index (χ1) is 18.6. The van der Waals surface area contributed by atoms with E-state index in [4.69, 9.17) is 4.42 Å². The van der Waals surface area contributed by atoms with E-state index < -0.39 is 35.5 Å². The molecule has 0 unspecified atom stereocenters. The van der Waals surface area contributed by atoms with Crippen LogP contribution in [0.3, 0.4) is 0 Å². The first kappa shape index (κ1) is 25.4. The second kappa shape index (κ2) is 9.92. The van der Waals surface area contributed by atoms with Crippen LogP contribution in [0.25, 0.3) is 16.7 Å². The number of ether oxygens (including phenoxy) is 1. The average Bonchev–Trinajstić information content (AvgIpc) is 3.46. The number of aromatic amines is 1. The van der Waals surface area contributed by atoms with E-state index in [1.807, 2.05) is 0 Å². The summed E-state index contributed by atoms with van der Waals surface area (Å²) in [6.07, 6.45) is -4.00. The van der Waals surface area contributed by atoms with Gasteiger partial charge in [-0.1, -0.05) is 18.2 Å². The lowest BCUT2D eigenvalue weighted by Gasteiger charge is -2.11. The Labute approximate surface area is 214 Å². The Hall–Kier alpha value is -5.21. The van der Waals surface area contributed by atoms with Crippen molar-refractivity contribution in [1.82, 2.24) is 30.2 Å². The van der Waals surface area contributed by atoms with Gasteiger partial charge in [0.15, 0.2) is 17.0 Å². The Balaban J connectivity index is 1.31. The highest BCUT2D eigenvalue weighted by Gasteiger charge is 2.31. The van der Waals surface area contributed by atoms with Crippen molar-refractivity contribution in [2.75, 3.05) is 0 Å². The summed E-state index contributed by atoms with van der Waals surface area (Å²) in [5.41, 5.74) is 1.02. The van der Waals surface area contributed by atoms with Gasteiger partial charge in [-0.05, 0) is 35.4 Å². The molecule has 15 heteroatoms. The van der Waals surface area contributed by atoms with E-state index in [1.165, 1.54) is 12.1 Å². The summed E-state index contributed by atoms with van der Waals surface area (Å²) >= 11 is 0. The molecule has 11 nitrogen and oxygen atoms in total. The van der Waals surface area contributed by atoms with Gasteiger partial charge in [0.25, 0.3) is 11.8 Å². The van der Waals surface area contributed by atoms with E-state index in [0.717, 1.165) is 28.9 Å². The van der Waals surface area contributed by atoms with Crippen LogP contribution in [-0.2, 0) is 13.1 Å². The summed E-state index contributed by atoms with van der Waals surface area (Å²) in [6, 6.07) is 10.8. The van der Waals surface area contributed by atoms with Crippen molar-refractivity contribution in [3.05, 3.63) is 93.6 Å². The number of alkyl halides is 3. The number of amides is 2. The molecule has 3 N–H and O–H groups in total. The maximum atomic E-state index is 14.3. The van der Waals surface area contributed by atoms with Crippen molar-refractivity contribution >= 4 is 28.6 Å². The monoisotopic (exact) mass is 544 g/mol. The molecule has 0 fully saturated rings. The van der Waals surface area contributed by atoms with Crippen LogP contribution in [0.2, 0.25) is 0 Å². The van der Waals surface area contributed by atoms with E-state index in [9.17, 15) is 31.9 Å². The summed E-state index contributed by atoms with van der Waals surface area (Å²) in [7, 11) is 0. The number of benzene rings is 2. The third-order valence-electron chi connectivity index (χ3n) is 5.44. The lowest BCUT2D eigenvalue weighted by molar-refractivity contribution is -0.274. The molecule has 2 amide bonds. The quantitative estimate of drug-likeness (QED) is 0.267. The Kier molecular flexibility index (Phi) is 6.47. The van der Waals surface area contributed by atoms with E-state index in [0.29, 0.717) is 22.2 Å². The predicted octanol–water partition coefficient (Wildman–Crippen LogP) is 3.06. The molecule has 5 aromatic rings. The second-order valence-corrected chi connectivity index (χ2v) is 8.16. The fraction of sp³-hybridized carbons (Fsp3) is 0.125. The van der Waals surface area contributed by atoms with Crippen LogP contribution in [0.1, 0.15) is 32.1 Å². The standard InChI is InChI=1S/C24H16F4N6O5/c25-15-11-31-34-18(22(36)30-9-12-1-4-14(5-2-12)39-24(26,27)28)8-17(32-20(15)34)21(35)29-10-13-3-6-19-16(7-13)33-23(37)38-19/h1-8,11H,9-10H2,(H,29,35)(H,30,36)(H,33,37). The molecule has 0 saturated heterocycles. The normalized spacial score (nSPS) is 11.6. The zero-order valence-corrected chi connectivity index (χ0v) is 19.5. The zero-order chi connectivity index (χ0) is 27.7. The molecule has 0 aliphatic heterocycles. The molecular formula is C24H16F4N6O5. The number of carbonyl (C=O) groups is 2. The van der Waals surface area contributed by atoms with E-state index in [2.05, 4.69) is 30.4 Å². The first-order valence-corrected chi connectivity index (χ1v) is 11.1. The van der Waals surface area contributed by atoms with Gasteiger partial charge in [0, 0.05) is 19.2 Å². The summed E-state index contributed by atoms with van der Waals surface area (Å²) in [5, 5.41) is 8.94. The summed E-state index contributed by atoms with van der Waals surface area (Å²) < 4.78 is 61.0. The van der Waals surface area contributed by atoms with Gasteiger partial charge in [0.2, 0.25) is 0 Å². The smallest absolute Gasteiger partial charge is 0.408 e. The van der Waals surface area contributed by atoms with Crippen molar-refractivity contribution in [3.8, 4) is 5.75 Å². The predicted molar refractivity (Wildman–Crippen MR) is 125 cm³/mol. The molecule has 0 aliphatic rings. The zero-order valence-electron chi connectivity index (χ0n) is 19.5. The van der Waals surface area contributed by atoms with Crippen molar-refractivity contribution in [1.29, 1.82) is 0 Å². The Morgan fingerprint density at radius 3 is 2.44 bits per heavy atom. The SMILES string of the molecule is O=C(NCc1ccc2oc(=O)[nH]c2c1)c1cc(C(=O)NCc2ccc(OC(F)(F)F)cc2)n2ncc(F)c2n1. The van der Waals surface area contributed by atoms with Gasteiger partial charge >= 0.3 is 12.1 Å². The van der Waals surface area contributed by atoms with Gasteiger partial charge < -0.3 is 19.8 Å². The first-order valence-electron chi connectivity index (χ1n) is 11.1. The number of oxazole rings is 1. The minimum absolute atomic E-state index is 0.0200. The number of aromatic nitrogens is 4. The van der Waals surface area contributed by atoms with Crippen LogP contribution in [0, 0.1) is 5.82 Å². The molecule has 0 radical (unpaired) electrons. The molecule has 3 heterocycles. The van der Waals surface area contributed by atoms with Gasteiger partial charge in [0.1, 0.15) is 17.1 Å². The number of fused-ring (bicyclic) bond motifs is 2. The Bertz CT molecular complexity index is 1760. The highest BCUT2D eigenvalue weighted by Crippen LogP contribution is 2.23. The lowest BCUT2D eigenvalue weighted by Crippen LogP contribution is -2.28. The van der Waals surface area contributed by atoms with Crippen molar-refractivity contribution in [2.45, 2.75) is 19.5 Å². The number of nitrogens with zero attached hydrogens (tertiary/aromatic N) is 3. The molecule has 200 valence electrons. The highest BCUT2D eigenvalue weighted by atomic mass is 19.4. The lowest BCUT2D eigenvalue weighted by atomic mass is 10.2. The summed E-state index contributed by atoms with van der Waals surface area (Å²) in [6.45, 7) is -0.0784. The number of H-pyrrole nitrogens is 1. The van der Waals surface area contributed by atoms with Gasteiger partial charge in [0.05, 0.1) is 11.7 Å². The van der Waals surface area contributed by atoms with Crippen LogP contribution in [0.5, 0.6) is 5.75 Å². The van der Waals surface area contributed by atoms with Gasteiger partial charge in [-0.2, -0.15) is 5.10 Å². The van der Waals surface area contributed by atoms with Gasteiger partial charge in [-0.15, -0.1) is 13.2 Å². The highest BCUT2D eigenvalue weighted by molar-refractivity contribution is 5.98. The molecule has 0 atom stereocenters.